The van der Waals surface area contributed by atoms with Gasteiger partial charge in [-0.15, -0.1) is 0 Å². The highest BCUT2D eigenvalue weighted by Gasteiger charge is 2.15. The molecule has 0 saturated heterocycles. The average molecular weight is 260 g/mol. The number of aryl methyl sites for hydroxylation is 2. The Labute approximate surface area is 121 Å². The van der Waals surface area contributed by atoms with Crippen molar-refractivity contribution in [3.05, 3.63) is 70.8 Å². The molecule has 2 rings (SSSR count). The second-order valence-corrected chi connectivity index (χ2v) is 4.97. The normalized spacial score (nSPS) is 11.4. The first-order valence-electron chi connectivity index (χ1n) is 6.67. The molecule has 2 heteroatoms. The smallest absolute Gasteiger partial charge is 0.193 e. The predicted octanol–water partition coefficient (Wildman–Crippen LogP) is 3.38. The first kappa shape index (κ1) is 14.3. The summed E-state index contributed by atoms with van der Waals surface area (Å²) in [4.78, 5) is 12.7. The van der Waals surface area contributed by atoms with E-state index in [-0.39, 0.29) is 5.78 Å². The van der Waals surface area contributed by atoms with E-state index in [9.17, 15) is 4.79 Å². The van der Waals surface area contributed by atoms with Crippen LogP contribution in [0.2, 0.25) is 0 Å². The molecule has 0 aromatic heterocycles. The number of hydrogen-bond donors (Lipinski definition) is 0. The predicted molar refractivity (Wildman–Crippen MR) is 85.7 cm³/mol. The van der Waals surface area contributed by atoms with Crippen LogP contribution in [0.25, 0.3) is 5.57 Å². The fourth-order valence-electron chi connectivity index (χ4n) is 2.30. The number of rotatable bonds is 3. The van der Waals surface area contributed by atoms with Gasteiger partial charge in [-0.05, 0) is 31.9 Å². The van der Waals surface area contributed by atoms with Gasteiger partial charge in [0.2, 0.25) is 0 Å². The van der Waals surface area contributed by atoms with Crippen LogP contribution in [0.1, 0.15) is 34.0 Å². The summed E-state index contributed by atoms with van der Waals surface area (Å²) in [5.41, 5.74) is 5.21. The van der Waals surface area contributed by atoms with Gasteiger partial charge >= 0.3 is 0 Å². The van der Waals surface area contributed by atoms with E-state index in [1.165, 1.54) is 0 Å². The molecule has 0 atom stereocenters. The van der Waals surface area contributed by atoms with Gasteiger partial charge in [0.05, 0.1) is 0 Å². The van der Waals surface area contributed by atoms with Crippen molar-refractivity contribution in [1.82, 2.24) is 0 Å². The van der Waals surface area contributed by atoms with Crippen molar-refractivity contribution in [2.75, 3.05) is 0 Å². The highest BCUT2D eigenvalue weighted by atomic mass is 16.1. The quantitative estimate of drug-likeness (QED) is 0.469. The molecule has 98 valence electrons. The van der Waals surface area contributed by atoms with Crippen LogP contribution < -0.4 is 5.46 Å². The molecule has 0 saturated carbocycles. The van der Waals surface area contributed by atoms with Crippen molar-refractivity contribution in [1.29, 1.82) is 0 Å². The Morgan fingerprint density at radius 3 is 2.25 bits per heavy atom. The van der Waals surface area contributed by atoms with Gasteiger partial charge in [-0.25, -0.2) is 0 Å². The van der Waals surface area contributed by atoms with Crippen molar-refractivity contribution in [3.63, 3.8) is 0 Å². The SMILES string of the molecule is [B]c1ccc(/C(=C/C)C(=O)c2ccc(C)cc2C)cc1. The van der Waals surface area contributed by atoms with E-state index < -0.39 is 0 Å². The monoisotopic (exact) mass is 260 g/mol. The first-order valence-corrected chi connectivity index (χ1v) is 6.67. The van der Waals surface area contributed by atoms with Crippen LogP contribution in [0.5, 0.6) is 0 Å². The Bertz CT molecular complexity index is 666. The fraction of sp³-hybridized carbons (Fsp3) is 0.167. The summed E-state index contributed by atoms with van der Waals surface area (Å²) in [5, 5.41) is 0. The molecule has 1 nitrogen and oxygen atoms in total. The number of hydrogen-bond acceptors (Lipinski definition) is 1. The highest BCUT2D eigenvalue weighted by Crippen LogP contribution is 2.22. The summed E-state index contributed by atoms with van der Waals surface area (Å²) >= 11 is 0. The van der Waals surface area contributed by atoms with Gasteiger partial charge in [-0.2, -0.15) is 0 Å². The maximum Gasteiger partial charge on any atom is 0.193 e. The zero-order chi connectivity index (χ0) is 14.7. The Morgan fingerprint density at radius 1 is 1.05 bits per heavy atom. The van der Waals surface area contributed by atoms with Gasteiger partial charge in [-0.3, -0.25) is 4.79 Å². The maximum atomic E-state index is 12.7. The Balaban J connectivity index is 2.42. The lowest BCUT2D eigenvalue weighted by atomic mass is 9.90. The molecule has 2 aromatic rings. The number of benzene rings is 2. The summed E-state index contributed by atoms with van der Waals surface area (Å²) in [5.74, 6) is 0.0507. The molecule has 0 amide bonds. The lowest BCUT2D eigenvalue weighted by Gasteiger charge is -2.10. The van der Waals surface area contributed by atoms with E-state index in [4.69, 9.17) is 7.85 Å². The van der Waals surface area contributed by atoms with E-state index >= 15 is 0 Å². The molecule has 0 N–H and O–H groups in total. The van der Waals surface area contributed by atoms with Crippen molar-refractivity contribution in [3.8, 4) is 0 Å². The standard InChI is InChI=1S/C18H17BO/c1-4-16(14-6-8-15(19)9-7-14)18(20)17-10-5-12(2)11-13(17)3/h4-11H,1-3H3/b16-4-. The molecule has 0 unspecified atom stereocenters. The fourth-order valence-corrected chi connectivity index (χ4v) is 2.30. The molecule has 0 aliphatic heterocycles. The topological polar surface area (TPSA) is 17.1 Å². The molecular weight excluding hydrogens is 243 g/mol. The second kappa shape index (κ2) is 5.91. The van der Waals surface area contributed by atoms with Crippen LogP contribution in [-0.2, 0) is 0 Å². The molecule has 20 heavy (non-hydrogen) atoms. The van der Waals surface area contributed by atoms with Gasteiger partial charge in [-0.1, -0.05) is 59.6 Å². The minimum atomic E-state index is 0.0507. The molecular formula is C18H17BO. The van der Waals surface area contributed by atoms with Crippen LogP contribution in [-0.4, -0.2) is 13.6 Å². The molecule has 0 heterocycles. The minimum Gasteiger partial charge on any atom is -0.289 e. The van der Waals surface area contributed by atoms with Crippen molar-refractivity contribution in [2.24, 2.45) is 0 Å². The van der Waals surface area contributed by atoms with Gasteiger partial charge in [0.25, 0.3) is 0 Å². The van der Waals surface area contributed by atoms with Crippen LogP contribution >= 0.6 is 0 Å². The number of Topliss-reactive ketones (excluding diaryl/α,β-unsaturated/α-hetero) is 1. The first-order chi connectivity index (χ1) is 9.52. The highest BCUT2D eigenvalue weighted by molar-refractivity contribution is 6.33. The summed E-state index contributed by atoms with van der Waals surface area (Å²) in [6.45, 7) is 5.88. The maximum absolute atomic E-state index is 12.7. The summed E-state index contributed by atoms with van der Waals surface area (Å²) < 4.78 is 0. The second-order valence-electron chi connectivity index (χ2n) is 4.97. The molecule has 0 spiro atoms. The third kappa shape index (κ3) is 2.90. The van der Waals surface area contributed by atoms with Crippen molar-refractivity contribution < 1.29 is 4.79 Å². The van der Waals surface area contributed by atoms with E-state index in [1.54, 1.807) is 0 Å². The Morgan fingerprint density at radius 2 is 1.70 bits per heavy atom. The van der Waals surface area contributed by atoms with E-state index in [0.717, 1.165) is 22.3 Å². The summed E-state index contributed by atoms with van der Waals surface area (Å²) in [6, 6.07) is 13.3. The number of allylic oxidation sites excluding steroid dienone is 2. The molecule has 2 aromatic carbocycles. The lowest BCUT2D eigenvalue weighted by molar-refractivity contribution is 0.105. The molecule has 0 aliphatic rings. The minimum absolute atomic E-state index is 0.0507. The van der Waals surface area contributed by atoms with Crippen LogP contribution in [0.15, 0.2) is 48.5 Å². The summed E-state index contributed by atoms with van der Waals surface area (Å²) in [7, 11) is 5.69. The Kier molecular flexibility index (Phi) is 4.24. The van der Waals surface area contributed by atoms with Gasteiger partial charge in [0, 0.05) is 11.1 Å². The third-order valence-corrected chi connectivity index (χ3v) is 3.38. The number of carbonyl (C=O) groups excluding carboxylic acids is 1. The van der Waals surface area contributed by atoms with Gasteiger partial charge < -0.3 is 0 Å². The molecule has 0 bridgehead atoms. The van der Waals surface area contributed by atoms with Crippen LogP contribution in [0, 0.1) is 13.8 Å². The molecule has 0 fully saturated rings. The Hall–Kier alpha value is -2.09. The van der Waals surface area contributed by atoms with Gasteiger partial charge in [0.1, 0.15) is 7.85 Å². The van der Waals surface area contributed by atoms with E-state index in [2.05, 4.69) is 0 Å². The van der Waals surface area contributed by atoms with Crippen LogP contribution in [0.3, 0.4) is 0 Å². The van der Waals surface area contributed by atoms with Crippen LogP contribution in [0.4, 0.5) is 0 Å². The molecule has 0 aliphatic carbocycles. The largest absolute Gasteiger partial charge is 0.289 e. The van der Waals surface area contributed by atoms with Crippen molar-refractivity contribution in [2.45, 2.75) is 20.8 Å². The molecule has 2 radical (unpaired) electrons. The zero-order valence-corrected chi connectivity index (χ0v) is 12.1. The third-order valence-electron chi connectivity index (χ3n) is 3.38. The summed E-state index contributed by atoms with van der Waals surface area (Å²) in [6.07, 6.45) is 1.85. The lowest BCUT2D eigenvalue weighted by Crippen LogP contribution is -2.07. The zero-order valence-electron chi connectivity index (χ0n) is 12.1. The number of carbonyl (C=O) groups is 1. The van der Waals surface area contributed by atoms with Gasteiger partial charge in [0.15, 0.2) is 5.78 Å². The number of ketones is 1. The van der Waals surface area contributed by atoms with Crippen molar-refractivity contribution >= 4 is 24.7 Å². The average Bonchev–Trinajstić information content (AvgIpc) is 2.41. The van der Waals surface area contributed by atoms with E-state index in [1.807, 2.05) is 69.3 Å². The van der Waals surface area contributed by atoms with E-state index in [0.29, 0.717) is 11.0 Å².